The van der Waals surface area contributed by atoms with E-state index in [-0.39, 0.29) is 11.0 Å². The highest BCUT2D eigenvalue weighted by Crippen LogP contribution is 2.26. The van der Waals surface area contributed by atoms with Crippen LogP contribution in [0.2, 0.25) is 0 Å². The van der Waals surface area contributed by atoms with Crippen LogP contribution in [0, 0.1) is 5.92 Å². The van der Waals surface area contributed by atoms with Crippen molar-refractivity contribution in [3.8, 4) is 0 Å². The zero-order chi connectivity index (χ0) is 15.6. The lowest BCUT2D eigenvalue weighted by Crippen LogP contribution is -2.23. The average molecular weight is 313 g/mol. The van der Waals surface area contributed by atoms with Crippen LogP contribution >= 0.6 is 0 Å². The van der Waals surface area contributed by atoms with Crippen molar-refractivity contribution in [3.05, 3.63) is 18.2 Å². The molecule has 7 heteroatoms. The number of rotatable bonds is 5. The zero-order valence-corrected chi connectivity index (χ0v) is 13.5. The van der Waals surface area contributed by atoms with Crippen molar-refractivity contribution in [3.63, 3.8) is 0 Å². The van der Waals surface area contributed by atoms with Crippen molar-refractivity contribution in [2.45, 2.75) is 24.3 Å². The van der Waals surface area contributed by atoms with E-state index in [2.05, 4.69) is 12.2 Å². The zero-order valence-electron chi connectivity index (χ0n) is 12.7. The van der Waals surface area contributed by atoms with Crippen molar-refractivity contribution in [2.75, 3.05) is 38.3 Å². The Kier molecular flexibility index (Phi) is 4.75. The van der Waals surface area contributed by atoms with Gasteiger partial charge in [-0.3, -0.25) is 0 Å². The summed E-state index contributed by atoms with van der Waals surface area (Å²) in [6.45, 7) is 3.55. The predicted molar refractivity (Wildman–Crippen MR) is 83.7 cm³/mol. The summed E-state index contributed by atoms with van der Waals surface area (Å²) >= 11 is 0. The van der Waals surface area contributed by atoms with E-state index in [4.69, 9.17) is 10.5 Å². The first kappa shape index (κ1) is 16.1. The first-order valence-electron chi connectivity index (χ1n) is 7.00. The smallest absolute Gasteiger partial charge is 0.242 e. The molecular weight excluding hydrogens is 290 g/mol. The highest BCUT2D eigenvalue weighted by molar-refractivity contribution is 7.89. The summed E-state index contributed by atoms with van der Waals surface area (Å²) in [4.78, 5) is 0.236. The van der Waals surface area contributed by atoms with Crippen LogP contribution in [0.5, 0.6) is 0 Å². The number of sulfonamides is 1. The number of nitrogens with two attached hydrogens (primary N) is 1. The molecule has 0 saturated carbocycles. The van der Waals surface area contributed by atoms with Gasteiger partial charge in [0, 0.05) is 33.2 Å². The molecule has 21 heavy (non-hydrogen) atoms. The van der Waals surface area contributed by atoms with Crippen molar-refractivity contribution in [1.82, 2.24) is 4.31 Å². The van der Waals surface area contributed by atoms with E-state index in [1.165, 1.54) is 24.5 Å². The summed E-state index contributed by atoms with van der Waals surface area (Å²) < 4.78 is 31.0. The SMILES string of the molecule is CC1OCCC1CNc1cc(S(=O)(=O)N(C)C)ccc1N. The number of hydrogen-bond acceptors (Lipinski definition) is 5. The number of nitrogens with one attached hydrogen (secondary N) is 1. The molecule has 0 radical (unpaired) electrons. The summed E-state index contributed by atoms with van der Waals surface area (Å²) in [6, 6.07) is 4.73. The molecule has 2 atom stereocenters. The maximum Gasteiger partial charge on any atom is 0.242 e. The summed E-state index contributed by atoms with van der Waals surface area (Å²) in [5, 5.41) is 3.25. The second-order valence-electron chi connectivity index (χ2n) is 5.54. The molecule has 0 amide bonds. The fourth-order valence-electron chi connectivity index (χ4n) is 2.34. The lowest BCUT2D eigenvalue weighted by Gasteiger charge is -2.18. The standard InChI is InChI=1S/C14H23N3O3S/c1-10-11(6-7-20-10)9-16-14-8-12(4-5-13(14)15)21(18,19)17(2)3/h4-5,8,10-11,16H,6-7,9,15H2,1-3H3. The van der Waals surface area contributed by atoms with Gasteiger partial charge in [-0.25, -0.2) is 12.7 Å². The maximum absolute atomic E-state index is 12.1. The normalized spacial score (nSPS) is 22.7. The van der Waals surface area contributed by atoms with Gasteiger partial charge in [-0.1, -0.05) is 0 Å². The van der Waals surface area contributed by atoms with E-state index in [1.54, 1.807) is 12.1 Å². The highest BCUT2D eigenvalue weighted by Gasteiger charge is 2.24. The van der Waals surface area contributed by atoms with Crippen LogP contribution in [-0.2, 0) is 14.8 Å². The van der Waals surface area contributed by atoms with Crippen LogP contribution in [0.15, 0.2) is 23.1 Å². The van der Waals surface area contributed by atoms with Gasteiger partial charge in [0.1, 0.15) is 0 Å². The summed E-state index contributed by atoms with van der Waals surface area (Å²) in [5.74, 6) is 0.415. The Morgan fingerprint density at radius 3 is 2.71 bits per heavy atom. The Balaban J connectivity index is 2.16. The molecule has 0 bridgehead atoms. The molecule has 1 aromatic rings. The Hall–Kier alpha value is -1.31. The van der Waals surface area contributed by atoms with Crippen LogP contribution in [0.3, 0.4) is 0 Å². The number of ether oxygens (including phenoxy) is 1. The maximum atomic E-state index is 12.1. The molecule has 1 aromatic carbocycles. The van der Waals surface area contributed by atoms with Crippen LogP contribution < -0.4 is 11.1 Å². The van der Waals surface area contributed by atoms with Crippen molar-refractivity contribution >= 4 is 21.4 Å². The number of hydrogen-bond donors (Lipinski definition) is 2. The Morgan fingerprint density at radius 1 is 1.43 bits per heavy atom. The highest BCUT2D eigenvalue weighted by atomic mass is 32.2. The van der Waals surface area contributed by atoms with Crippen LogP contribution in [0.4, 0.5) is 11.4 Å². The largest absolute Gasteiger partial charge is 0.397 e. The number of anilines is 2. The lowest BCUT2D eigenvalue weighted by atomic mass is 10.0. The minimum atomic E-state index is -3.45. The van der Waals surface area contributed by atoms with Gasteiger partial charge in [0.25, 0.3) is 0 Å². The third-order valence-electron chi connectivity index (χ3n) is 3.89. The number of benzene rings is 1. The van der Waals surface area contributed by atoms with Crippen molar-refractivity contribution in [1.29, 1.82) is 0 Å². The van der Waals surface area contributed by atoms with Gasteiger partial charge in [-0.05, 0) is 31.5 Å². The molecule has 1 heterocycles. The van der Waals surface area contributed by atoms with Crippen LogP contribution in [0.1, 0.15) is 13.3 Å². The second-order valence-corrected chi connectivity index (χ2v) is 7.69. The number of nitrogen functional groups attached to an aromatic ring is 1. The summed E-state index contributed by atoms with van der Waals surface area (Å²) in [5.41, 5.74) is 7.12. The van der Waals surface area contributed by atoms with Gasteiger partial charge in [0.05, 0.1) is 22.4 Å². The van der Waals surface area contributed by atoms with E-state index in [0.717, 1.165) is 19.6 Å². The Bertz CT molecular complexity index is 601. The van der Waals surface area contributed by atoms with E-state index < -0.39 is 10.0 Å². The summed E-state index contributed by atoms with van der Waals surface area (Å²) in [6.07, 6.45) is 1.22. The fraction of sp³-hybridized carbons (Fsp3) is 0.571. The molecule has 1 saturated heterocycles. The third kappa shape index (κ3) is 3.48. The molecule has 1 aliphatic rings. The minimum Gasteiger partial charge on any atom is -0.397 e. The van der Waals surface area contributed by atoms with Crippen molar-refractivity contribution in [2.24, 2.45) is 5.92 Å². The van der Waals surface area contributed by atoms with Crippen molar-refractivity contribution < 1.29 is 13.2 Å². The lowest BCUT2D eigenvalue weighted by molar-refractivity contribution is 0.108. The summed E-state index contributed by atoms with van der Waals surface area (Å²) in [7, 11) is -0.431. The van der Waals surface area contributed by atoms with Gasteiger partial charge in [0.2, 0.25) is 10.0 Å². The molecule has 0 aromatic heterocycles. The second kappa shape index (κ2) is 6.21. The topological polar surface area (TPSA) is 84.7 Å². The van der Waals surface area contributed by atoms with Gasteiger partial charge >= 0.3 is 0 Å². The minimum absolute atomic E-state index is 0.215. The molecule has 2 unspecified atom stereocenters. The molecule has 2 rings (SSSR count). The van der Waals surface area contributed by atoms with Gasteiger partial charge in [0.15, 0.2) is 0 Å². The van der Waals surface area contributed by atoms with E-state index >= 15 is 0 Å². The molecule has 1 aliphatic heterocycles. The average Bonchev–Trinajstić information content (AvgIpc) is 2.83. The van der Waals surface area contributed by atoms with E-state index in [1.807, 2.05) is 0 Å². The third-order valence-corrected chi connectivity index (χ3v) is 5.70. The molecular formula is C14H23N3O3S. The fourth-order valence-corrected chi connectivity index (χ4v) is 3.27. The molecule has 1 fully saturated rings. The van der Waals surface area contributed by atoms with E-state index in [0.29, 0.717) is 17.3 Å². The molecule has 118 valence electrons. The molecule has 6 nitrogen and oxygen atoms in total. The van der Waals surface area contributed by atoms with E-state index in [9.17, 15) is 8.42 Å². The molecule has 3 N–H and O–H groups in total. The Labute approximate surface area is 126 Å². The van der Waals surface area contributed by atoms with Gasteiger partial charge < -0.3 is 15.8 Å². The Morgan fingerprint density at radius 2 is 2.14 bits per heavy atom. The first-order valence-corrected chi connectivity index (χ1v) is 8.44. The van der Waals surface area contributed by atoms with Gasteiger partial charge in [-0.15, -0.1) is 0 Å². The first-order chi connectivity index (χ1) is 9.82. The van der Waals surface area contributed by atoms with Crippen LogP contribution in [-0.4, -0.2) is 46.1 Å². The quantitative estimate of drug-likeness (QED) is 0.802. The molecule has 0 aliphatic carbocycles. The monoisotopic (exact) mass is 313 g/mol. The number of nitrogens with zero attached hydrogens (tertiary/aromatic N) is 1. The van der Waals surface area contributed by atoms with Crippen LogP contribution in [0.25, 0.3) is 0 Å². The predicted octanol–water partition coefficient (Wildman–Crippen LogP) is 1.36. The molecule has 0 spiro atoms. The van der Waals surface area contributed by atoms with Gasteiger partial charge in [-0.2, -0.15) is 0 Å².